The Labute approximate surface area is 67.2 Å². The SMILES string of the molecule is C=C(C)[C@H](OO)[C@@H](O)CCC. The monoisotopic (exact) mass is 160 g/mol. The number of rotatable bonds is 5. The molecule has 0 saturated heterocycles. The summed E-state index contributed by atoms with van der Waals surface area (Å²) in [5.41, 5.74) is 0.633. The second-order valence-electron chi connectivity index (χ2n) is 2.73. The van der Waals surface area contributed by atoms with E-state index in [1.807, 2.05) is 6.92 Å². The molecule has 0 aliphatic heterocycles. The van der Waals surface area contributed by atoms with Crippen LogP contribution in [0.15, 0.2) is 12.2 Å². The van der Waals surface area contributed by atoms with Crippen LogP contribution in [-0.2, 0) is 4.89 Å². The molecule has 0 heterocycles. The first-order chi connectivity index (χ1) is 5.13. The van der Waals surface area contributed by atoms with Gasteiger partial charge < -0.3 is 5.11 Å². The number of aliphatic hydroxyl groups excluding tert-OH is 1. The molecule has 0 aliphatic carbocycles. The van der Waals surface area contributed by atoms with Gasteiger partial charge in [-0.2, -0.15) is 0 Å². The van der Waals surface area contributed by atoms with Crippen molar-refractivity contribution in [1.29, 1.82) is 0 Å². The van der Waals surface area contributed by atoms with Crippen LogP contribution in [-0.4, -0.2) is 22.6 Å². The lowest BCUT2D eigenvalue weighted by Gasteiger charge is -2.18. The highest BCUT2D eigenvalue weighted by Crippen LogP contribution is 2.11. The first kappa shape index (κ1) is 10.6. The number of aliphatic hydroxyl groups is 1. The van der Waals surface area contributed by atoms with Crippen molar-refractivity contribution in [2.75, 3.05) is 0 Å². The topological polar surface area (TPSA) is 49.7 Å². The molecule has 0 aromatic rings. The molecule has 0 aromatic carbocycles. The fourth-order valence-corrected chi connectivity index (χ4v) is 0.936. The van der Waals surface area contributed by atoms with E-state index in [4.69, 9.17) is 5.26 Å². The van der Waals surface area contributed by atoms with Crippen LogP contribution in [0, 0.1) is 0 Å². The molecule has 0 aliphatic rings. The fraction of sp³-hybridized carbons (Fsp3) is 0.750. The predicted octanol–water partition coefficient (Wildman–Crippen LogP) is 1.58. The minimum atomic E-state index is -0.650. The van der Waals surface area contributed by atoms with Gasteiger partial charge in [-0.1, -0.05) is 19.9 Å². The van der Waals surface area contributed by atoms with E-state index in [0.29, 0.717) is 12.0 Å². The van der Waals surface area contributed by atoms with Crippen molar-refractivity contribution in [1.82, 2.24) is 0 Å². The van der Waals surface area contributed by atoms with Crippen molar-refractivity contribution in [2.45, 2.75) is 38.9 Å². The van der Waals surface area contributed by atoms with E-state index < -0.39 is 12.2 Å². The second-order valence-corrected chi connectivity index (χ2v) is 2.73. The van der Waals surface area contributed by atoms with Crippen molar-refractivity contribution in [3.63, 3.8) is 0 Å². The average molecular weight is 160 g/mol. The summed E-state index contributed by atoms with van der Waals surface area (Å²) in [5.74, 6) is 0. The normalized spacial score (nSPS) is 16.0. The van der Waals surface area contributed by atoms with Gasteiger partial charge in [-0.3, -0.25) is 5.26 Å². The van der Waals surface area contributed by atoms with Crippen molar-refractivity contribution in [2.24, 2.45) is 0 Å². The molecule has 0 bridgehead atoms. The van der Waals surface area contributed by atoms with Crippen LogP contribution in [0.3, 0.4) is 0 Å². The molecular weight excluding hydrogens is 144 g/mol. The molecule has 0 fully saturated rings. The molecule has 3 heteroatoms. The molecule has 0 unspecified atom stereocenters. The third kappa shape index (κ3) is 3.51. The van der Waals surface area contributed by atoms with Crippen LogP contribution in [0.4, 0.5) is 0 Å². The Balaban J connectivity index is 3.91. The summed E-state index contributed by atoms with van der Waals surface area (Å²) < 4.78 is 0. The van der Waals surface area contributed by atoms with E-state index in [0.717, 1.165) is 6.42 Å². The van der Waals surface area contributed by atoms with E-state index in [2.05, 4.69) is 11.5 Å². The first-order valence-corrected chi connectivity index (χ1v) is 3.77. The summed E-state index contributed by atoms with van der Waals surface area (Å²) in [7, 11) is 0. The van der Waals surface area contributed by atoms with Gasteiger partial charge in [0.25, 0.3) is 0 Å². The van der Waals surface area contributed by atoms with Gasteiger partial charge in [0.1, 0.15) is 6.10 Å². The Bertz CT molecular complexity index is 123. The quantitative estimate of drug-likeness (QED) is 0.364. The third-order valence-electron chi connectivity index (χ3n) is 1.53. The highest BCUT2D eigenvalue weighted by molar-refractivity contribution is 5.00. The molecule has 11 heavy (non-hydrogen) atoms. The zero-order valence-electron chi connectivity index (χ0n) is 7.08. The second kappa shape index (κ2) is 5.29. The van der Waals surface area contributed by atoms with Gasteiger partial charge >= 0.3 is 0 Å². The molecular formula is C8H16O3. The Morgan fingerprint density at radius 2 is 2.18 bits per heavy atom. The van der Waals surface area contributed by atoms with Gasteiger partial charge in [-0.15, -0.1) is 0 Å². The van der Waals surface area contributed by atoms with Gasteiger partial charge in [-0.25, -0.2) is 4.89 Å². The average Bonchev–Trinajstić information content (AvgIpc) is 1.88. The molecule has 0 spiro atoms. The summed E-state index contributed by atoms with van der Waals surface area (Å²) in [6.07, 6.45) is 0.171. The van der Waals surface area contributed by atoms with Crippen LogP contribution in [0.5, 0.6) is 0 Å². The maximum absolute atomic E-state index is 9.33. The van der Waals surface area contributed by atoms with E-state index in [1.54, 1.807) is 6.92 Å². The zero-order chi connectivity index (χ0) is 8.85. The highest BCUT2D eigenvalue weighted by atomic mass is 17.1. The molecule has 0 aromatic heterocycles. The van der Waals surface area contributed by atoms with Crippen molar-refractivity contribution < 1.29 is 15.3 Å². The predicted molar refractivity (Wildman–Crippen MR) is 43.2 cm³/mol. The van der Waals surface area contributed by atoms with Gasteiger partial charge in [-0.05, 0) is 18.9 Å². The van der Waals surface area contributed by atoms with Gasteiger partial charge in [0.2, 0.25) is 0 Å². The molecule has 0 amide bonds. The van der Waals surface area contributed by atoms with Crippen LogP contribution < -0.4 is 0 Å². The molecule has 0 rings (SSSR count). The first-order valence-electron chi connectivity index (χ1n) is 3.77. The minimum absolute atomic E-state index is 0.609. The highest BCUT2D eigenvalue weighted by Gasteiger charge is 2.19. The maximum atomic E-state index is 9.33. The summed E-state index contributed by atoms with van der Waals surface area (Å²) >= 11 is 0. The smallest absolute Gasteiger partial charge is 0.139 e. The number of hydrogen-bond donors (Lipinski definition) is 2. The summed E-state index contributed by atoms with van der Waals surface area (Å²) in [4.78, 5) is 4.08. The van der Waals surface area contributed by atoms with E-state index >= 15 is 0 Å². The van der Waals surface area contributed by atoms with Crippen molar-refractivity contribution in [3.8, 4) is 0 Å². The molecule has 2 atom stereocenters. The van der Waals surface area contributed by atoms with Gasteiger partial charge in [0, 0.05) is 0 Å². The molecule has 0 radical (unpaired) electrons. The lowest BCUT2D eigenvalue weighted by atomic mass is 10.0. The maximum Gasteiger partial charge on any atom is 0.139 e. The lowest BCUT2D eigenvalue weighted by Crippen LogP contribution is -2.28. The van der Waals surface area contributed by atoms with Gasteiger partial charge in [0.15, 0.2) is 0 Å². The van der Waals surface area contributed by atoms with Crippen molar-refractivity contribution in [3.05, 3.63) is 12.2 Å². The molecule has 66 valence electrons. The Hall–Kier alpha value is -0.380. The molecule has 2 N–H and O–H groups in total. The lowest BCUT2D eigenvalue weighted by molar-refractivity contribution is -0.286. The summed E-state index contributed by atoms with van der Waals surface area (Å²) in [5, 5.41) is 17.7. The van der Waals surface area contributed by atoms with Crippen LogP contribution in [0.1, 0.15) is 26.7 Å². The Morgan fingerprint density at radius 3 is 2.45 bits per heavy atom. The molecule has 0 saturated carbocycles. The molecule has 3 nitrogen and oxygen atoms in total. The zero-order valence-corrected chi connectivity index (χ0v) is 7.08. The van der Waals surface area contributed by atoms with Crippen LogP contribution >= 0.6 is 0 Å². The number of hydrogen-bond acceptors (Lipinski definition) is 3. The Morgan fingerprint density at radius 1 is 1.64 bits per heavy atom. The minimum Gasteiger partial charge on any atom is -0.390 e. The summed E-state index contributed by atoms with van der Waals surface area (Å²) in [6.45, 7) is 7.25. The van der Waals surface area contributed by atoms with Crippen molar-refractivity contribution >= 4 is 0 Å². The van der Waals surface area contributed by atoms with Crippen LogP contribution in [0.25, 0.3) is 0 Å². The van der Waals surface area contributed by atoms with Gasteiger partial charge in [0.05, 0.1) is 6.10 Å². The third-order valence-corrected chi connectivity index (χ3v) is 1.53. The van der Waals surface area contributed by atoms with E-state index in [9.17, 15) is 5.11 Å². The van der Waals surface area contributed by atoms with E-state index in [1.165, 1.54) is 0 Å². The fourth-order valence-electron chi connectivity index (χ4n) is 0.936. The standard InChI is InChI=1S/C8H16O3/c1-4-5-7(9)8(11-10)6(2)3/h7-10H,2,4-5H2,1,3H3/t7-,8-/m0/s1. The van der Waals surface area contributed by atoms with E-state index in [-0.39, 0.29) is 0 Å². The largest absolute Gasteiger partial charge is 0.390 e. The van der Waals surface area contributed by atoms with Crippen LogP contribution in [0.2, 0.25) is 0 Å². The Kier molecular flexibility index (Phi) is 5.11. The summed E-state index contributed by atoms with van der Waals surface area (Å²) in [6, 6.07) is 0.